The summed E-state index contributed by atoms with van der Waals surface area (Å²) in [6.07, 6.45) is 4.48. The number of nitrogens with two attached hydrogens (primary N) is 1. The van der Waals surface area contributed by atoms with Crippen LogP contribution in [0.1, 0.15) is 18.3 Å². The zero-order valence-corrected chi connectivity index (χ0v) is 11.3. The Kier molecular flexibility index (Phi) is 4.86. The van der Waals surface area contributed by atoms with Crippen LogP contribution in [-0.4, -0.2) is 28.0 Å². The number of nitrogen functional groups attached to an aromatic ring is 1. The molecule has 0 aromatic carbocycles. The highest BCUT2D eigenvalue weighted by molar-refractivity contribution is 5.34. The van der Waals surface area contributed by atoms with Crippen LogP contribution < -0.4 is 5.73 Å². The van der Waals surface area contributed by atoms with Gasteiger partial charge in [0.1, 0.15) is 0 Å². The molecule has 19 heavy (non-hydrogen) atoms. The molecule has 2 rings (SSSR count). The number of pyridine rings is 2. The molecular weight excluding hydrogens is 236 g/mol. The van der Waals surface area contributed by atoms with Crippen LogP contribution in [0.5, 0.6) is 0 Å². The van der Waals surface area contributed by atoms with Gasteiger partial charge < -0.3 is 5.73 Å². The molecule has 0 atom stereocenters. The molecule has 0 bridgehead atoms. The number of hydrogen-bond acceptors (Lipinski definition) is 4. The molecule has 0 amide bonds. The van der Waals surface area contributed by atoms with Gasteiger partial charge in [0, 0.05) is 31.4 Å². The van der Waals surface area contributed by atoms with E-state index in [9.17, 15) is 0 Å². The van der Waals surface area contributed by atoms with Gasteiger partial charge in [-0.05, 0) is 30.8 Å². The summed E-state index contributed by atoms with van der Waals surface area (Å²) in [6.45, 7) is 5.03. The molecule has 0 fully saturated rings. The Morgan fingerprint density at radius 1 is 1.11 bits per heavy atom. The molecule has 0 unspecified atom stereocenters. The number of rotatable bonds is 6. The average molecular weight is 256 g/mol. The minimum atomic E-state index is 0.713. The summed E-state index contributed by atoms with van der Waals surface area (Å²) < 4.78 is 0. The van der Waals surface area contributed by atoms with Crippen molar-refractivity contribution >= 4 is 5.69 Å². The first-order valence-electron chi connectivity index (χ1n) is 6.60. The van der Waals surface area contributed by atoms with E-state index in [0.29, 0.717) is 5.69 Å². The van der Waals surface area contributed by atoms with Crippen LogP contribution in [0.15, 0.2) is 42.7 Å². The standard InChI is InChI=1S/C15H20N4/c1-2-19(12-15-5-3-4-9-17-15)10-8-14-7-6-13(16)11-18-14/h3-7,9,11H,2,8,10,12,16H2,1H3. The van der Waals surface area contributed by atoms with Crippen molar-refractivity contribution < 1.29 is 0 Å². The van der Waals surface area contributed by atoms with Crippen LogP contribution in [0.3, 0.4) is 0 Å². The lowest BCUT2D eigenvalue weighted by molar-refractivity contribution is 0.279. The molecule has 2 aromatic heterocycles. The quantitative estimate of drug-likeness (QED) is 0.860. The fraction of sp³-hybridized carbons (Fsp3) is 0.333. The molecule has 0 aliphatic carbocycles. The van der Waals surface area contributed by atoms with Crippen molar-refractivity contribution in [2.45, 2.75) is 19.9 Å². The van der Waals surface area contributed by atoms with E-state index in [1.54, 1.807) is 6.20 Å². The van der Waals surface area contributed by atoms with Gasteiger partial charge in [0.2, 0.25) is 0 Å². The maximum Gasteiger partial charge on any atom is 0.0543 e. The number of nitrogens with zero attached hydrogens (tertiary/aromatic N) is 3. The first kappa shape index (κ1) is 13.5. The molecule has 0 spiro atoms. The van der Waals surface area contributed by atoms with E-state index in [0.717, 1.165) is 37.4 Å². The molecular formula is C15H20N4. The predicted molar refractivity (Wildman–Crippen MR) is 77.5 cm³/mol. The van der Waals surface area contributed by atoms with E-state index in [2.05, 4.69) is 27.9 Å². The highest BCUT2D eigenvalue weighted by atomic mass is 15.1. The Hall–Kier alpha value is -1.94. The van der Waals surface area contributed by atoms with Gasteiger partial charge in [0.25, 0.3) is 0 Å². The van der Waals surface area contributed by atoms with Crippen molar-refractivity contribution in [3.63, 3.8) is 0 Å². The Bertz CT molecular complexity index is 481. The predicted octanol–water partition coefficient (Wildman–Crippen LogP) is 2.12. The lowest BCUT2D eigenvalue weighted by Crippen LogP contribution is -2.26. The molecule has 100 valence electrons. The molecule has 4 heteroatoms. The third-order valence-electron chi connectivity index (χ3n) is 3.09. The summed E-state index contributed by atoms with van der Waals surface area (Å²) in [5.74, 6) is 0. The van der Waals surface area contributed by atoms with Crippen molar-refractivity contribution in [2.75, 3.05) is 18.8 Å². The smallest absolute Gasteiger partial charge is 0.0543 e. The van der Waals surface area contributed by atoms with Crippen LogP contribution in [0, 0.1) is 0 Å². The van der Waals surface area contributed by atoms with Gasteiger partial charge in [-0.15, -0.1) is 0 Å². The summed E-state index contributed by atoms with van der Waals surface area (Å²) in [4.78, 5) is 11.0. The molecule has 0 radical (unpaired) electrons. The minimum absolute atomic E-state index is 0.713. The summed E-state index contributed by atoms with van der Waals surface area (Å²) in [5, 5.41) is 0. The Morgan fingerprint density at radius 3 is 2.63 bits per heavy atom. The normalized spacial score (nSPS) is 10.8. The summed E-state index contributed by atoms with van der Waals surface area (Å²) in [7, 11) is 0. The van der Waals surface area contributed by atoms with Gasteiger partial charge in [0.05, 0.1) is 17.6 Å². The molecule has 0 aliphatic rings. The summed E-state index contributed by atoms with van der Waals surface area (Å²) in [5.41, 5.74) is 8.53. The molecule has 0 saturated heterocycles. The third kappa shape index (κ3) is 4.34. The second-order valence-corrected chi connectivity index (χ2v) is 4.52. The van der Waals surface area contributed by atoms with Crippen molar-refractivity contribution in [1.82, 2.24) is 14.9 Å². The van der Waals surface area contributed by atoms with Crippen molar-refractivity contribution in [1.29, 1.82) is 0 Å². The molecule has 4 nitrogen and oxygen atoms in total. The van der Waals surface area contributed by atoms with Crippen LogP contribution in [0.25, 0.3) is 0 Å². The molecule has 2 N–H and O–H groups in total. The average Bonchev–Trinajstić information content (AvgIpc) is 2.46. The molecule has 0 saturated carbocycles. The fourth-order valence-corrected chi connectivity index (χ4v) is 1.93. The minimum Gasteiger partial charge on any atom is -0.397 e. The van der Waals surface area contributed by atoms with E-state index in [1.165, 1.54) is 0 Å². The number of anilines is 1. The second-order valence-electron chi connectivity index (χ2n) is 4.52. The highest BCUT2D eigenvalue weighted by Gasteiger charge is 2.05. The maximum atomic E-state index is 5.63. The first-order valence-corrected chi connectivity index (χ1v) is 6.60. The largest absolute Gasteiger partial charge is 0.397 e. The zero-order valence-electron chi connectivity index (χ0n) is 11.3. The van der Waals surface area contributed by atoms with Crippen LogP contribution in [0.4, 0.5) is 5.69 Å². The number of likely N-dealkylation sites (N-methyl/N-ethyl adjacent to an activating group) is 1. The number of aromatic nitrogens is 2. The van der Waals surface area contributed by atoms with Crippen molar-refractivity contribution in [3.05, 3.63) is 54.1 Å². The lowest BCUT2D eigenvalue weighted by Gasteiger charge is -2.19. The van der Waals surface area contributed by atoms with Crippen molar-refractivity contribution in [2.24, 2.45) is 0 Å². The summed E-state index contributed by atoms with van der Waals surface area (Å²) >= 11 is 0. The molecule has 0 aliphatic heterocycles. The monoisotopic (exact) mass is 256 g/mol. The topological polar surface area (TPSA) is 55.0 Å². The Morgan fingerprint density at radius 2 is 2.00 bits per heavy atom. The number of hydrogen-bond donors (Lipinski definition) is 1. The molecule has 2 aromatic rings. The van der Waals surface area contributed by atoms with Gasteiger partial charge >= 0.3 is 0 Å². The fourth-order valence-electron chi connectivity index (χ4n) is 1.93. The van der Waals surface area contributed by atoms with E-state index in [1.807, 2.05) is 30.5 Å². The summed E-state index contributed by atoms with van der Waals surface area (Å²) in [6, 6.07) is 9.92. The third-order valence-corrected chi connectivity index (χ3v) is 3.09. The lowest BCUT2D eigenvalue weighted by atomic mass is 10.2. The van der Waals surface area contributed by atoms with Crippen LogP contribution in [0.2, 0.25) is 0 Å². The van der Waals surface area contributed by atoms with Gasteiger partial charge in [-0.2, -0.15) is 0 Å². The van der Waals surface area contributed by atoms with Gasteiger partial charge in [0.15, 0.2) is 0 Å². The van der Waals surface area contributed by atoms with E-state index < -0.39 is 0 Å². The van der Waals surface area contributed by atoms with Gasteiger partial charge in [-0.25, -0.2) is 0 Å². The van der Waals surface area contributed by atoms with E-state index in [4.69, 9.17) is 5.73 Å². The SMILES string of the molecule is CCN(CCc1ccc(N)cn1)Cc1ccccn1. The highest BCUT2D eigenvalue weighted by Crippen LogP contribution is 2.05. The maximum absolute atomic E-state index is 5.63. The van der Waals surface area contributed by atoms with Crippen LogP contribution in [-0.2, 0) is 13.0 Å². The van der Waals surface area contributed by atoms with E-state index >= 15 is 0 Å². The molecule has 2 heterocycles. The first-order chi connectivity index (χ1) is 9.28. The Balaban J connectivity index is 1.87. The van der Waals surface area contributed by atoms with E-state index in [-0.39, 0.29) is 0 Å². The second kappa shape index (κ2) is 6.85. The van der Waals surface area contributed by atoms with Gasteiger partial charge in [-0.3, -0.25) is 14.9 Å². The van der Waals surface area contributed by atoms with Gasteiger partial charge in [-0.1, -0.05) is 13.0 Å². The zero-order chi connectivity index (χ0) is 13.5. The Labute approximate surface area is 114 Å². The van der Waals surface area contributed by atoms with Crippen LogP contribution >= 0.6 is 0 Å². The van der Waals surface area contributed by atoms with Crippen molar-refractivity contribution in [3.8, 4) is 0 Å².